The average molecular weight is 339 g/mol. The van der Waals surface area contributed by atoms with Crippen LogP contribution in [-0.4, -0.2) is 11.0 Å². The fourth-order valence-electron chi connectivity index (χ4n) is 1.69. The van der Waals surface area contributed by atoms with Crippen LogP contribution in [0.4, 0.5) is 10.1 Å². The molecule has 0 radical (unpaired) electrons. The summed E-state index contributed by atoms with van der Waals surface area (Å²) < 4.78 is 13.6. The topological polar surface area (TPSA) is 75.3 Å². The van der Waals surface area contributed by atoms with Gasteiger partial charge in [-0.25, -0.2) is 4.39 Å². The van der Waals surface area contributed by atoms with Crippen LogP contribution in [0.25, 0.3) is 0 Å². The van der Waals surface area contributed by atoms with Gasteiger partial charge in [-0.05, 0) is 52.3 Å². The van der Waals surface area contributed by atoms with E-state index in [1.165, 1.54) is 18.2 Å². The fourth-order valence-corrected chi connectivity index (χ4v) is 2.12. The summed E-state index contributed by atoms with van der Waals surface area (Å²) in [5, 5.41) is 12.2. The maximum atomic E-state index is 13.1. The second kappa shape index (κ2) is 5.92. The molecule has 0 unspecified atom stereocenters. The van der Waals surface area contributed by atoms with Crippen LogP contribution in [0.2, 0.25) is 0 Å². The molecule has 4 nitrogen and oxygen atoms in total. The third-order valence-electron chi connectivity index (χ3n) is 2.72. The van der Waals surface area contributed by atoms with E-state index < -0.39 is 11.7 Å². The number of rotatable bonds is 3. The lowest BCUT2D eigenvalue weighted by Crippen LogP contribution is -2.23. The number of nitrogens with one attached hydrogen (secondary N) is 1. The number of anilines is 1. The van der Waals surface area contributed by atoms with Gasteiger partial charge in [0.05, 0.1) is 5.56 Å². The summed E-state index contributed by atoms with van der Waals surface area (Å²) in [6.45, 7) is 0.0959. The third kappa shape index (κ3) is 3.27. The van der Waals surface area contributed by atoms with Gasteiger partial charge in [0, 0.05) is 22.3 Å². The highest BCUT2D eigenvalue weighted by Gasteiger charge is 2.12. The Morgan fingerprint density at radius 3 is 2.80 bits per heavy atom. The molecule has 2 aromatic carbocycles. The average Bonchev–Trinajstić information content (AvgIpc) is 2.42. The molecule has 0 saturated carbocycles. The van der Waals surface area contributed by atoms with E-state index in [4.69, 9.17) is 5.73 Å². The van der Waals surface area contributed by atoms with Crippen molar-refractivity contribution < 1.29 is 14.3 Å². The van der Waals surface area contributed by atoms with E-state index in [9.17, 15) is 14.3 Å². The van der Waals surface area contributed by atoms with Crippen LogP contribution in [0.3, 0.4) is 0 Å². The minimum Gasteiger partial charge on any atom is -0.508 e. The first-order valence-corrected chi connectivity index (χ1v) is 6.57. The number of benzene rings is 2. The standard InChI is InChI=1S/C14H12BrFN2O2/c15-12-3-1-9(16)6-11(12)14(20)18-7-8-5-10(17)2-4-13(8)19/h1-6,19H,7,17H2,(H,18,20). The highest BCUT2D eigenvalue weighted by molar-refractivity contribution is 9.10. The number of hydrogen-bond acceptors (Lipinski definition) is 3. The Balaban J connectivity index is 2.12. The van der Waals surface area contributed by atoms with Gasteiger partial charge < -0.3 is 16.2 Å². The highest BCUT2D eigenvalue weighted by atomic mass is 79.9. The van der Waals surface area contributed by atoms with Crippen molar-refractivity contribution in [1.82, 2.24) is 5.32 Å². The van der Waals surface area contributed by atoms with Gasteiger partial charge >= 0.3 is 0 Å². The van der Waals surface area contributed by atoms with Gasteiger partial charge in [-0.2, -0.15) is 0 Å². The van der Waals surface area contributed by atoms with Gasteiger partial charge in [0.25, 0.3) is 5.91 Å². The minimum atomic E-state index is -0.495. The molecule has 0 saturated heterocycles. The van der Waals surface area contributed by atoms with Crippen molar-refractivity contribution in [2.45, 2.75) is 6.54 Å². The van der Waals surface area contributed by atoms with Crippen molar-refractivity contribution in [3.8, 4) is 5.75 Å². The lowest BCUT2D eigenvalue weighted by molar-refractivity contribution is 0.0949. The van der Waals surface area contributed by atoms with Crippen LogP contribution in [-0.2, 0) is 6.54 Å². The molecule has 1 amide bonds. The maximum absolute atomic E-state index is 13.1. The lowest BCUT2D eigenvalue weighted by Gasteiger charge is -2.09. The molecule has 0 aliphatic carbocycles. The minimum absolute atomic E-state index is 0.0396. The van der Waals surface area contributed by atoms with Gasteiger partial charge in [0.1, 0.15) is 11.6 Å². The van der Waals surface area contributed by atoms with Crippen molar-refractivity contribution in [2.24, 2.45) is 0 Å². The molecular formula is C14H12BrFN2O2. The summed E-state index contributed by atoms with van der Waals surface area (Å²) in [6, 6.07) is 8.43. The molecule has 0 fully saturated rings. The number of phenols is 1. The number of carbonyl (C=O) groups is 1. The SMILES string of the molecule is Nc1ccc(O)c(CNC(=O)c2cc(F)ccc2Br)c1. The number of halogens is 2. The van der Waals surface area contributed by atoms with Gasteiger partial charge in [-0.3, -0.25) is 4.79 Å². The quantitative estimate of drug-likeness (QED) is 0.595. The molecule has 0 aromatic heterocycles. The highest BCUT2D eigenvalue weighted by Crippen LogP contribution is 2.21. The fraction of sp³-hybridized carbons (Fsp3) is 0.0714. The number of carbonyl (C=O) groups excluding carboxylic acids is 1. The number of aromatic hydroxyl groups is 1. The summed E-state index contributed by atoms with van der Waals surface area (Å²) in [4.78, 5) is 12.0. The molecule has 0 atom stereocenters. The van der Waals surface area contributed by atoms with Crippen LogP contribution >= 0.6 is 15.9 Å². The van der Waals surface area contributed by atoms with E-state index >= 15 is 0 Å². The molecule has 4 N–H and O–H groups in total. The number of nitrogens with two attached hydrogens (primary N) is 1. The van der Waals surface area contributed by atoms with E-state index in [-0.39, 0.29) is 17.9 Å². The Morgan fingerprint density at radius 1 is 1.30 bits per heavy atom. The zero-order valence-electron chi connectivity index (χ0n) is 10.4. The maximum Gasteiger partial charge on any atom is 0.252 e. The number of hydrogen-bond donors (Lipinski definition) is 3. The summed E-state index contributed by atoms with van der Waals surface area (Å²) >= 11 is 3.19. The molecule has 0 aliphatic heterocycles. The molecule has 2 rings (SSSR count). The Morgan fingerprint density at radius 2 is 2.05 bits per heavy atom. The molecular weight excluding hydrogens is 327 g/mol. The molecule has 6 heteroatoms. The molecule has 2 aromatic rings. The van der Waals surface area contributed by atoms with Crippen LogP contribution < -0.4 is 11.1 Å². The summed E-state index contributed by atoms with van der Waals surface area (Å²) in [6.07, 6.45) is 0. The molecule has 0 spiro atoms. The predicted molar refractivity (Wildman–Crippen MR) is 77.8 cm³/mol. The second-order valence-corrected chi connectivity index (χ2v) is 5.05. The number of nitrogen functional groups attached to an aromatic ring is 1. The smallest absolute Gasteiger partial charge is 0.252 e. The van der Waals surface area contributed by atoms with E-state index in [1.807, 2.05) is 0 Å². The van der Waals surface area contributed by atoms with Crippen LogP contribution in [0.15, 0.2) is 40.9 Å². The van der Waals surface area contributed by atoms with E-state index in [2.05, 4.69) is 21.2 Å². The third-order valence-corrected chi connectivity index (χ3v) is 3.41. The van der Waals surface area contributed by atoms with E-state index in [0.717, 1.165) is 6.07 Å². The van der Waals surface area contributed by atoms with Gasteiger partial charge in [-0.15, -0.1) is 0 Å². The van der Waals surface area contributed by atoms with Gasteiger partial charge in [-0.1, -0.05) is 0 Å². The number of amides is 1. The largest absolute Gasteiger partial charge is 0.508 e. The Kier molecular flexibility index (Phi) is 4.24. The zero-order valence-corrected chi connectivity index (χ0v) is 11.9. The normalized spacial score (nSPS) is 10.3. The summed E-state index contributed by atoms with van der Waals surface area (Å²) in [5.74, 6) is -0.902. The van der Waals surface area contributed by atoms with Gasteiger partial charge in [0.2, 0.25) is 0 Å². The van der Waals surface area contributed by atoms with Crippen LogP contribution in [0.1, 0.15) is 15.9 Å². The molecule has 20 heavy (non-hydrogen) atoms. The van der Waals surface area contributed by atoms with Crippen molar-refractivity contribution in [3.63, 3.8) is 0 Å². The Hall–Kier alpha value is -2.08. The van der Waals surface area contributed by atoms with Gasteiger partial charge in [0.15, 0.2) is 0 Å². The molecule has 0 aliphatic rings. The van der Waals surface area contributed by atoms with E-state index in [1.54, 1.807) is 12.1 Å². The predicted octanol–water partition coefficient (Wildman–Crippen LogP) is 2.81. The monoisotopic (exact) mass is 338 g/mol. The zero-order chi connectivity index (χ0) is 14.7. The van der Waals surface area contributed by atoms with Crippen LogP contribution in [0.5, 0.6) is 5.75 Å². The first-order valence-electron chi connectivity index (χ1n) is 5.78. The van der Waals surface area contributed by atoms with Crippen molar-refractivity contribution >= 4 is 27.5 Å². The number of phenolic OH excluding ortho intramolecular Hbond substituents is 1. The van der Waals surface area contributed by atoms with Crippen LogP contribution in [0, 0.1) is 5.82 Å². The summed E-state index contributed by atoms with van der Waals surface area (Å²) in [5.41, 5.74) is 6.77. The second-order valence-electron chi connectivity index (χ2n) is 4.19. The Labute approximate surface area is 123 Å². The Bertz CT molecular complexity index is 662. The molecule has 104 valence electrons. The van der Waals surface area contributed by atoms with Crippen molar-refractivity contribution in [2.75, 3.05) is 5.73 Å². The molecule has 0 heterocycles. The summed E-state index contributed by atoms with van der Waals surface area (Å²) in [7, 11) is 0. The molecule has 0 bridgehead atoms. The van der Waals surface area contributed by atoms with Crippen molar-refractivity contribution in [1.29, 1.82) is 0 Å². The first-order chi connectivity index (χ1) is 9.47. The lowest BCUT2D eigenvalue weighted by atomic mass is 10.1. The van der Waals surface area contributed by atoms with E-state index in [0.29, 0.717) is 15.7 Å². The first kappa shape index (κ1) is 14.3. The van der Waals surface area contributed by atoms with Crippen molar-refractivity contribution in [3.05, 3.63) is 57.8 Å².